The Morgan fingerprint density at radius 1 is 1.40 bits per heavy atom. The Morgan fingerprint density at radius 3 is 2.47 bits per heavy atom. The maximum Gasteiger partial charge on any atom is 0.226 e. The molecule has 15 heavy (non-hydrogen) atoms. The van der Waals surface area contributed by atoms with Crippen molar-refractivity contribution in [2.75, 3.05) is 13.1 Å². The Hall–Kier alpha value is -0.570. The standard InChI is InChI=1S/C12H21NO2/c1-11(2)7-9(11)10(14)13-6-4-5-12(3,15)8-13/h9,15H,4-8H2,1-3H3. The normalized spacial score (nSPS) is 38.9. The van der Waals surface area contributed by atoms with Crippen molar-refractivity contribution in [3.8, 4) is 0 Å². The van der Waals surface area contributed by atoms with Crippen LogP contribution in [-0.4, -0.2) is 34.6 Å². The molecule has 2 rings (SSSR count). The summed E-state index contributed by atoms with van der Waals surface area (Å²) in [6.45, 7) is 7.43. The number of nitrogens with zero attached hydrogens (tertiary/aromatic N) is 1. The number of carbonyl (C=O) groups is 1. The van der Waals surface area contributed by atoms with Crippen molar-refractivity contribution in [2.45, 2.75) is 45.6 Å². The topological polar surface area (TPSA) is 40.5 Å². The van der Waals surface area contributed by atoms with Crippen LogP contribution < -0.4 is 0 Å². The van der Waals surface area contributed by atoms with Gasteiger partial charge >= 0.3 is 0 Å². The highest BCUT2D eigenvalue weighted by molar-refractivity contribution is 5.82. The average molecular weight is 211 g/mol. The first-order chi connectivity index (χ1) is 6.82. The molecular weight excluding hydrogens is 190 g/mol. The van der Waals surface area contributed by atoms with E-state index >= 15 is 0 Å². The molecule has 0 spiro atoms. The summed E-state index contributed by atoms with van der Waals surface area (Å²) in [4.78, 5) is 13.9. The lowest BCUT2D eigenvalue weighted by Gasteiger charge is -2.37. The number of rotatable bonds is 1. The van der Waals surface area contributed by atoms with Crippen LogP contribution in [0.3, 0.4) is 0 Å². The summed E-state index contributed by atoms with van der Waals surface area (Å²) < 4.78 is 0. The van der Waals surface area contributed by atoms with Crippen molar-refractivity contribution >= 4 is 5.91 Å². The number of aliphatic hydroxyl groups is 1. The van der Waals surface area contributed by atoms with Crippen LogP contribution in [0.25, 0.3) is 0 Å². The molecule has 1 aliphatic carbocycles. The summed E-state index contributed by atoms with van der Waals surface area (Å²) in [6, 6.07) is 0. The van der Waals surface area contributed by atoms with Gasteiger partial charge < -0.3 is 10.0 Å². The molecule has 0 aromatic carbocycles. The van der Waals surface area contributed by atoms with Crippen LogP contribution in [-0.2, 0) is 4.79 Å². The molecule has 1 amide bonds. The van der Waals surface area contributed by atoms with Gasteiger partial charge in [-0.2, -0.15) is 0 Å². The molecule has 2 aliphatic rings. The summed E-state index contributed by atoms with van der Waals surface area (Å²) in [6.07, 6.45) is 2.74. The molecule has 0 aromatic rings. The monoisotopic (exact) mass is 211 g/mol. The van der Waals surface area contributed by atoms with Gasteiger partial charge in [-0.25, -0.2) is 0 Å². The first-order valence-electron chi connectivity index (χ1n) is 5.83. The zero-order valence-corrected chi connectivity index (χ0v) is 9.92. The molecule has 1 saturated heterocycles. The quantitative estimate of drug-likeness (QED) is 0.712. The van der Waals surface area contributed by atoms with Crippen LogP contribution in [0.2, 0.25) is 0 Å². The van der Waals surface area contributed by atoms with Crippen LogP contribution in [0.4, 0.5) is 0 Å². The Bertz CT molecular complexity index is 283. The third-order valence-electron chi connectivity index (χ3n) is 3.80. The second-order valence-electron chi connectivity index (χ2n) is 6.11. The number of likely N-dealkylation sites (tertiary alicyclic amines) is 1. The average Bonchev–Trinajstić information content (AvgIpc) is 2.72. The van der Waals surface area contributed by atoms with E-state index in [1.54, 1.807) is 0 Å². The van der Waals surface area contributed by atoms with Gasteiger partial charge in [0.05, 0.1) is 5.60 Å². The van der Waals surface area contributed by atoms with Crippen LogP contribution >= 0.6 is 0 Å². The summed E-state index contributed by atoms with van der Waals surface area (Å²) in [5.74, 6) is 0.450. The van der Waals surface area contributed by atoms with Gasteiger partial charge in [-0.1, -0.05) is 13.8 Å². The Labute approximate surface area is 91.5 Å². The molecule has 0 bridgehead atoms. The molecule has 1 heterocycles. The first-order valence-corrected chi connectivity index (χ1v) is 5.83. The van der Waals surface area contributed by atoms with Gasteiger partial charge in [-0.3, -0.25) is 4.79 Å². The predicted molar refractivity (Wildman–Crippen MR) is 58.3 cm³/mol. The van der Waals surface area contributed by atoms with E-state index in [0.717, 1.165) is 25.8 Å². The van der Waals surface area contributed by atoms with Gasteiger partial charge in [-0.15, -0.1) is 0 Å². The molecule has 1 aliphatic heterocycles. The van der Waals surface area contributed by atoms with E-state index < -0.39 is 5.60 Å². The second kappa shape index (κ2) is 3.21. The highest BCUT2D eigenvalue weighted by atomic mass is 16.3. The molecule has 0 radical (unpaired) electrons. The number of β-amino-alcohol motifs (C(OH)–C–C–N with tert-alkyl or cyclic N) is 1. The summed E-state index contributed by atoms with van der Waals surface area (Å²) in [5, 5.41) is 9.93. The second-order valence-corrected chi connectivity index (χ2v) is 6.11. The van der Waals surface area contributed by atoms with Gasteiger partial charge in [-0.05, 0) is 31.6 Å². The lowest BCUT2D eigenvalue weighted by atomic mass is 9.94. The SMILES string of the molecule is CC1(O)CCCN(C(=O)C2CC2(C)C)C1. The number of amides is 1. The smallest absolute Gasteiger partial charge is 0.226 e. The molecule has 1 N–H and O–H groups in total. The largest absolute Gasteiger partial charge is 0.388 e. The van der Waals surface area contributed by atoms with E-state index in [2.05, 4.69) is 13.8 Å². The number of hydrogen-bond acceptors (Lipinski definition) is 2. The molecule has 2 unspecified atom stereocenters. The fourth-order valence-electron chi connectivity index (χ4n) is 2.52. The number of hydrogen-bond donors (Lipinski definition) is 1. The first kappa shape index (κ1) is 10.9. The van der Waals surface area contributed by atoms with Gasteiger partial charge in [0.1, 0.15) is 0 Å². The van der Waals surface area contributed by atoms with Crippen molar-refractivity contribution in [1.29, 1.82) is 0 Å². The molecule has 86 valence electrons. The molecule has 3 heteroatoms. The van der Waals surface area contributed by atoms with E-state index in [1.165, 1.54) is 0 Å². The predicted octanol–water partition coefficient (Wildman–Crippen LogP) is 1.41. The van der Waals surface area contributed by atoms with Crippen LogP contribution in [0.15, 0.2) is 0 Å². The van der Waals surface area contributed by atoms with Crippen LogP contribution in [0.1, 0.15) is 40.0 Å². The highest BCUT2D eigenvalue weighted by Gasteiger charge is 2.52. The Morgan fingerprint density at radius 2 is 2.00 bits per heavy atom. The van der Waals surface area contributed by atoms with Crippen molar-refractivity contribution in [2.24, 2.45) is 11.3 Å². The maximum atomic E-state index is 12.1. The zero-order chi connectivity index (χ0) is 11.3. The molecular formula is C12H21NO2. The van der Waals surface area contributed by atoms with Crippen LogP contribution in [0, 0.1) is 11.3 Å². The number of piperidine rings is 1. The fraction of sp³-hybridized carbons (Fsp3) is 0.917. The van der Waals surface area contributed by atoms with Crippen molar-refractivity contribution < 1.29 is 9.90 Å². The van der Waals surface area contributed by atoms with Crippen molar-refractivity contribution in [1.82, 2.24) is 4.90 Å². The van der Waals surface area contributed by atoms with Gasteiger partial charge in [0, 0.05) is 19.0 Å². The van der Waals surface area contributed by atoms with Crippen molar-refractivity contribution in [3.05, 3.63) is 0 Å². The lowest BCUT2D eigenvalue weighted by Crippen LogP contribution is -2.49. The third kappa shape index (κ3) is 2.17. The molecule has 3 nitrogen and oxygen atoms in total. The van der Waals surface area contributed by atoms with E-state index in [9.17, 15) is 9.90 Å². The third-order valence-corrected chi connectivity index (χ3v) is 3.80. The van der Waals surface area contributed by atoms with E-state index in [4.69, 9.17) is 0 Å². The Kier molecular flexibility index (Phi) is 2.34. The van der Waals surface area contributed by atoms with Crippen LogP contribution in [0.5, 0.6) is 0 Å². The highest BCUT2D eigenvalue weighted by Crippen LogP contribution is 2.52. The van der Waals surface area contributed by atoms with Crippen molar-refractivity contribution in [3.63, 3.8) is 0 Å². The fourth-order valence-corrected chi connectivity index (χ4v) is 2.52. The molecule has 2 fully saturated rings. The van der Waals surface area contributed by atoms with E-state index in [0.29, 0.717) is 6.54 Å². The number of carbonyl (C=O) groups excluding carboxylic acids is 1. The lowest BCUT2D eigenvalue weighted by molar-refractivity contribution is -0.139. The van der Waals surface area contributed by atoms with Gasteiger partial charge in [0.25, 0.3) is 0 Å². The van der Waals surface area contributed by atoms with Gasteiger partial charge in [0.2, 0.25) is 5.91 Å². The van der Waals surface area contributed by atoms with Gasteiger partial charge in [0.15, 0.2) is 0 Å². The van der Waals surface area contributed by atoms with E-state index in [1.807, 2.05) is 11.8 Å². The minimum Gasteiger partial charge on any atom is -0.388 e. The maximum absolute atomic E-state index is 12.1. The molecule has 2 atom stereocenters. The summed E-state index contributed by atoms with van der Waals surface area (Å²) in [5.41, 5.74) is -0.479. The zero-order valence-electron chi connectivity index (χ0n) is 9.92. The summed E-state index contributed by atoms with van der Waals surface area (Å²) >= 11 is 0. The Balaban J connectivity index is 1.97. The molecule has 0 aromatic heterocycles. The minimum absolute atomic E-state index is 0.195. The molecule has 1 saturated carbocycles. The van der Waals surface area contributed by atoms with E-state index in [-0.39, 0.29) is 17.2 Å². The minimum atomic E-state index is -0.674. The summed E-state index contributed by atoms with van der Waals surface area (Å²) in [7, 11) is 0.